The molecule has 1 aliphatic rings. The molecule has 3 heteroatoms. The van der Waals surface area contributed by atoms with Gasteiger partial charge in [0.25, 0.3) is 0 Å². The number of ether oxygens (including phenoxy) is 1. The van der Waals surface area contributed by atoms with E-state index in [9.17, 15) is 0 Å². The van der Waals surface area contributed by atoms with Gasteiger partial charge in [0.1, 0.15) is 5.75 Å². The zero-order valence-corrected chi connectivity index (χ0v) is 14.4. The van der Waals surface area contributed by atoms with Crippen LogP contribution in [0, 0.1) is 0 Å². The van der Waals surface area contributed by atoms with Crippen molar-refractivity contribution in [1.82, 2.24) is 0 Å². The molecule has 1 saturated heterocycles. The number of hydrogen-bond donors (Lipinski definition) is 0. The maximum absolute atomic E-state index is 5.86. The first-order chi connectivity index (χ1) is 10.9. The summed E-state index contributed by atoms with van der Waals surface area (Å²) in [4.78, 5) is 0. The van der Waals surface area contributed by atoms with Crippen molar-refractivity contribution in [2.45, 2.75) is 23.8 Å². The van der Waals surface area contributed by atoms with E-state index >= 15 is 0 Å². The average Bonchev–Trinajstić information content (AvgIpc) is 2.61. The van der Waals surface area contributed by atoms with Gasteiger partial charge in [0, 0.05) is 0 Å². The maximum Gasteiger partial charge on any atom is 0.119 e. The van der Waals surface area contributed by atoms with Gasteiger partial charge in [-0.15, -0.1) is 23.5 Å². The van der Waals surface area contributed by atoms with Gasteiger partial charge in [-0.1, -0.05) is 42.5 Å². The molecular weight excluding hydrogens is 308 g/mol. The van der Waals surface area contributed by atoms with Crippen molar-refractivity contribution in [3.63, 3.8) is 0 Å². The number of rotatable bonds is 6. The third-order valence-electron chi connectivity index (χ3n) is 3.70. The summed E-state index contributed by atoms with van der Waals surface area (Å²) in [6.07, 6.45) is 3.48. The van der Waals surface area contributed by atoms with Crippen LogP contribution in [0.5, 0.6) is 5.75 Å². The molecule has 0 atom stereocenters. The zero-order chi connectivity index (χ0) is 15.0. The van der Waals surface area contributed by atoms with Crippen LogP contribution in [0.4, 0.5) is 0 Å². The second kappa shape index (κ2) is 8.54. The Morgan fingerprint density at radius 1 is 0.909 bits per heavy atom. The van der Waals surface area contributed by atoms with Crippen LogP contribution >= 0.6 is 23.5 Å². The fraction of sp³-hybridized carbons (Fsp3) is 0.368. The normalized spacial score (nSPS) is 15.6. The third kappa shape index (κ3) is 4.72. The Balaban J connectivity index is 1.43. The van der Waals surface area contributed by atoms with Crippen LogP contribution < -0.4 is 4.74 Å². The van der Waals surface area contributed by atoms with E-state index in [0.29, 0.717) is 4.58 Å². The van der Waals surface area contributed by atoms with Crippen LogP contribution in [-0.2, 0) is 6.42 Å². The van der Waals surface area contributed by atoms with Gasteiger partial charge in [-0.2, -0.15) is 0 Å². The molecule has 0 saturated carbocycles. The highest BCUT2D eigenvalue weighted by atomic mass is 32.2. The molecule has 0 N–H and O–H groups in total. The molecule has 2 aromatic carbocycles. The van der Waals surface area contributed by atoms with Crippen molar-refractivity contribution in [2.24, 2.45) is 0 Å². The van der Waals surface area contributed by atoms with Crippen molar-refractivity contribution in [3.05, 3.63) is 65.7 Å². The van der Waals surface area contributed by atoms with Crippen molar-refractivity contribution in [2.75, 3.05) is 18.1 Å². The number of hydrogen-bond acceptors (Lipinski definition) is 3. The molecule has 1 heterocycles. The Morgan fingerprint density at radius 2 is 1.64 bits per heavy atom. The molecule has 0 amide bonds. The molecule has 22 heavy (non-hydrogen) atoms. The maximum atomic E-state index is 5.86. The largest absolute Gasteiger partial charge is 0.494 e. The van der Waals surface area contributed by atoms with E-state index in [2.05, 4.69) is 78.1 Å². The Hall–Kier alpha value is -1.06. The van der Waals surface area contributed by atoms with Crippen LogP contribution in [-0.4, -0.2) is 18.1 Å². The van der Waals surface area contributed by atoms with E-state index in [1.807, 2.05) is 0 Å². The van der Waals surface area contributed by atoms with E-state index in [1.54, 1.807) is 0 Å². The van der Waals surface area contributed by atoms with Gasteiger partial charge in [0.05, 0.1) is 11.2 Å². The van der Waals surface area contributed by atoms with Crippen LogP contribution in [0.3, 0.4) is 0 Å². The van der Waals surface area contributed by atoms with Gasteiger partial charge in [0.2, 0.25) is 0 Å². The van der Waals surface area contributed by atoms with Gasteiger partial charge in [0.15, 0.2) is 0 Å². The first-order valence-electron chi connectivity index (χ1n) is 7.92. The zero-order valence-electron chi connectivity index (χ0n) is 12.7. The van der Waals surface area contributed by atoms with Crippen molar-refractivity contribution >= 4 is 23.5 Å². The minimum absolute atomic E-state index is 0.612. The fourth-order valence-electron chi connectivity index (χ4n) is 2.51. The molecule has 0 radical (unpaired) electrons. The average molecular weight is 331 g/mol. The van der Waals surface area contributed by atoms with Gasteiger partial charge < -0.3 is 4.74 Å². The Bertz CT molecular complexity index is 547. The summed E-state index contributed by atoms with van der Waals surface area (Å²) >= 11 is 4.13. The summed E-state index contributed by atoms with van der Waals surface area (Å²) in [6.45, 7) is 0.779. The first-order valence-corrected chi connectivity index (χ1v) is 10.0. The van der Waals surface area contributed by atoms with Crippen LogP contribution in [0.2, 0.25) is 0 Å². The van der Waals surface area contributed by atoms with E-state index in [0.717, 1.165) is 25.2 Å². The lowest BCUT2D eigenvalue weighted by Crippen LogP contribution is -2.01. The molecule has 1 nitrogen and oxygen atoms in total. The lowest BCUT2D eigenvalue weighted by molar-refractivity contribution is 0.311. The molecule has 0 bridgehead atoms. The van der Waals surface area contributed by atoms with Crippen molar-refractivity contribution in [3.8, 4) is 5.75 Å². The lowest BCUT2D eigenvalue weighted by atomic mass is 10.1. The summed E-state index contributed by atoms with van der Waals surface area (Å²) in [7, 11) is 0. The summed E-state index contributed by atoms with van der Waals surface area (Å²) < 4.78 is 6.47. The van der Waals surface area contributed by atoms with Gasteiger partial charge in [-0.05, 0) is 54.0 Å². The Morgan fingerprint density at radius 3 is 2.36 bits per heavy atom. The molecule has 3 rings (SSSR count). The highest BCUT2D eigenvalue weighted by Gasteiger charge is 2.16. The van der Waals surface area contributed by atoms with Gasteiger partial charge in [-0.3, -0.25) is 0 Å². The van der Waals surface area contributed by atoms with Crippen LogP contribution in [0.15, 0.2) is 54.6 Å². The molecule has 0 unspecified atom stereocenters. The molecule has 116 valence electrons. The fourth-order valence-corrected chi connectivity index (χ4v) is 5.41. The number of benzene rings is 2. The van der Waals surface area contributed by atoms with E-state index < -0.39 is 0 Å². The molecule has 0 spiro atoms. The minimum Gasteiger partial charge on any atom is -0.494 e. The predicted molar refractivity (Wildman–Crippen MR) is 99.0 cm³/mol. The summed E-state index contributed by atoms with van der Waals surface area (Å²) in [5.41, 5.74) is 2.80. The predicted octanol–water partition coefficient (Wildman–Crippen LogP) is 5.57. The summed E-state index contributed by atoms with van der Waals surface area (Å²) in [5.74, 6) is 3.56. The molecule has 0 aromatic heterocycles. The quantitative estimate of drug-likeness (QED) is 0.641. The summed E-state index contributed by atoms with van der Waals surface area (Å²) in [5, 5.41) is 0. The van der Waals surface area contributed by atoms with Crippen LogP contribution in [0.1, 0.15) is 28.6 Å². The highest BCUT2D eigenvalue weighted by Crippen LogP contribution is 2.43. The van der Waals surface area contributed by atoms with E-state index in [1.165, 1.54) is 29.1 Å². The topological polar surface area (TPSA) is 9.23 Å². The van der Waals surface area contributed by atoms with Gasteiger partial charge in [-0.25, -0.2) is 0 Å². The van der Waals surface area contributed by atoms with Crippen molar-refractivity contribution in [1.29, 1.82) is 0 Å². The standard InChI is InChI=1S/C19H22OS2/c1-2-6-16(7-3-1)8-4-13-20-18-11-9-17(10-12-18)19-21-14-5-15-22-19/h1-3,6-7,9-12,19H,4-5,8,13-15H2. The van der Waals surface area contributed by atoms with Crippen molar-refractivity contribution < 1.29 is 4.74 Å². The van der Waals surface area contributed by atoms with E-state index in [-0.39, 0.29) is 0 Å². The summed E-state index contributed by atoms with van der Waals surface area (Å²) in [6, 6.07) is 19.3. The number of aryl methyl sites for hydroxylation is 1. The smallest absolute Gasteiger partial charge is 0.119 e. The monoisotopic (exact) mass is 330 g/mol. The molecule has 2 aromatic rings. The second-order valence-corrected chi connectivity index (χ2v) is 8.16. The molecule has 1 fully saturated rings. The Labute approximate surface area is 141 Å². The third-order valence-corrected chi connectivity index (χ3v) is 6.72. The van der Waals surface area contributed by atoms with Gasteiger partial charge >= 0.3 is 0 Å². The minimum atomic E-state index is 0.612. The second-order valence-electron chi connectivity index (χ2n) is 5.43. The Kier molecular flexibility index (Phi) is 6.14. The lowest BCUT2D eigenvalue weighted by Gasteiger charge is -2.21. The first kappa shape index (κ1) is 15.8. The SMILES string of the molecule is c1ccc(CCCOc2ccc(C3SCCCS3)cc2)cc1. The van der Waals surface area contributed by atoms with E-state index in [4.69, 9.17) is 4.74 Å². The molecular formula is C19H22OS2. The molecule has 0 aliphatic carbocycles. The van der Waals surface area contributed by atoms with Crippen LogP contribution in [0.25, 0.3) is 0 Å². The molecule has 1 aliphatic heterocycles. The number of thioether (sulfide) groups is 2. The highest BCUT2D eigenvalue weighted by molar-refractivity contribution is 8.16.